The summed E-state index contributed by atoms with van der Waals surface area (Å²) in [5, 5.41) is 10.1. The summed E-state index contributed by atoms with van der Waals surface area (Å²) in [7, 11) is -3.38. The molecule has 0 spiro atoms. The molecule has 0 aromatic heterocycles. The van der Waals surface area contributed by atoms with Crippen LogP contribution in [0.5, 0.6) is 0 Å². The molecule has 3 N–H and O–H groups in total. The zero-order valence-electron chi connectivity index (χ0n) is 19.0. The van der Waals surface area contributed by atoms with Gasteiger partial charge in [-0.3, -0.25) is 4.79 Å². The van der Waals surface area contributed by atoms with Crippen LogP contribution in [0.1, 0.15) is 64.4 Å². The number of carbonyl (C=O) groups is 1. The molecule has 1 aliphatic carbocycles. The number of aliphatic hydroxyl groups excluding tert-OH is 1. The number of rotatable bonds is 14. The minimum absolute atomic E-state index is 0.0271. The predicted octanol–water partition coefficient (Wildman–Crippen LogP) is 2.96. The van der Waals surface area contributed by atoms with Gasteiger partial charge in [0.15, 0.2) is 9.84 Å². The number of hydrogen-bond donors (Lipinski definition) is 2. The Morgan fingerprint density at radius 2 is 1.72 bits per heavy atom. The highest BCUT2D eigenvalue weighted by Crippen LogP contribution is 2.28. The minimum atomic E-state index is -3.38. The Labute approximate surface area is 190 Å². The standard InChI is InChI=1S/C23H36F2N2O4S/c1-3-5-20(6-4-2)32(30,31)10-9-23(29)27(19-7-8-19)15-22(28)21(26)13-16-11-17(24)14-18(25)12-16/h11-12,14,19-22,28H,3-10,13,15,26H2,1-2H3/t21-,22+/m0/s1. The van der Waals surface area contributed by atoms with E-state index in [-0.39, 0.29) is 37.1 Å². The number of sulfone groups is 1. The molecule has 9 heteroatoms. The Morgan fingerprint density at radius 1 is 1.16 bits per heavy atom. The molecule has 0 unspecified atom stereocenters. The Balaban J connectivity index is 1.96. The van der Waals surface area contributed by atoms with Crippen molar-refractivity contribution >= 4 is 15.7 Å². The Morgan fingerprint density at radius 3 is 2.22 bits per heavy atom. The van der Waals surface area contributed by atoms with E-state index in [9.17, 15) is 27.1 Å². The Kier molecular flexibility index (Phi) is 10.0. The third kappa shape index (κ3) is 8.08. The van der Waals surface area contributed by atoms with Crippen molar-refractivity contribution in [3.8, 4) is 0 Å². The average molecular weight is 475 g/mol. The van der Waals surface area contributed by atoms with Crippen molar-refractivity contribution in [2.45, 2.75) is 88.7 Å². The third-order valence-corrected chi connectivity index (χ3v) is 8.17. The maximum atomic E-state index is 13.4. The van der Waals surface area contributed by atoms with E-state index in [2.05, 4.69) is 0 Å². The van der Waals surface area contributed by atoms with Gasteiger partial charge in [-0.05, 0) is 49.8 Å². The quantitative estimate of drug-likeness (QED) is 0.432. The van der Waals surface area contributed by atoms with Crippen molar-refractivity contribution in [2.75, 3.05) is 12.3 Å². The molecule has 0 radical (unpaired) electrons. The first kappa shape index (κ1) is 26.7. The van der Waals surface area contributed by atoms with Crippen LogP contribution < -0.4 is 5.73 Å². The van der Waals surface area contributed by atoms with E-state index < -0.39 is 38.9 Å². The van der Waals surface area contributed by atoms with Crippen molar-refractivity contribution in [1.82, 2.24) is 4.90 Å². The number of benzene rings is 1. The summed E-state index contributed by atoms with van der Waals surface area (Å²) in [6.07, 6.45) is 3.13. The molecular formula is C23H36F2N2O4S. The molecule has 1 aliphatic rings. The van der Waals surface area contributed by atoms with Gasteiger partial charge in [0.1, 0.15) is 11.6 Å². The maximum Gasteiger partial charge on any atom is 0.223 e. The molecule has 0 saturated heterocycles. The molecule has 1 saturated carbocycles. The van der Waals surface area contributed by atoms with Crippen LogP contribution in [-0.2, 0) is 21.1 Å². The molecule has 6 nitrogen and oxygen atoms in total. The van der Waals surface area contributed by atoms with Crippen LogP contribution >= 0.6 is 0 Å². The van der Waals surface area contributed by atoms with E-state index in [1.807, 2.05) is 13.8 Å². The van der Waals surface area contributed by atoms with Gasteiger partial charge in [0.05, 0.1) is 17.1 Å². The molecule has 182 valence electrons. The van der Waals surface area contributed by atoms with E-state index in [1.54, 1.807) is 0 Å². The predicted molar refractivity (Wildman–Crippen MR) is 121 cm³/mol. The molecule has 2 rings (SSSR count). The van der Waals surface area contributed by atoms with Gasteiger partial charge in [-0.25, -0.2) is 17.2 Å². The first-order valence-electron chi connectivity index (χ1n) is 11.5. The lowest BCUT2D eigenvalue weighted by Crippen LogP contribution is -2.47. The lowest BCUT2D eigenvalue weighted by molar-refractivity contribution is -0.133. The van der Waals surface area contributed by atoms with E-state index >= 15 is 0 Å². The van der Waals surface area contributed by atoms with Gasteiger partial charge in [0, 0.05) is 31.1 Å². The lowest BCUT2D eigenvalue weighted by atomic mass is 10.0. The van der Waals surface area contributed by atoms with E-state index in [0.717, 1.165) is 43.9 Å². The highest BCUT2D eigenvalue weighted by atomic mass is 32.2. The second kappa shape index (κ2) is 12.0. The zero-order valence-corrected chi connectivity index (χ0v) is 19.8. The fourth-order valence-electron chi connectivity index (χ4n) is 4.00. The molecule has 1 aromatic carbocycles. The molecule has 1 amide bonds. The summed E-state index contributed by atoms with van der Waals surface area (Å²) in [6, 6.07) is 2.23. The van der Waals surface area contributed by atoms with E-state index in [0.29, 0.717) is 18.4 Å². The van der Waals surface area contributed by atoms with Crippen molar-refractivity contribution in [3.05, 3.63) is 35.4 Å². The van der Waals surface area contributed by atoms with Crippen LogP contribution in [0.3, 0.4) is 0 Å². The van der Waals surface area contributed by atoms with Gasteiger partial charge >= 0.3 is 0 Å². The number of nitrogens with zero attached hydrogens (tertiary/aromatic N) is 1. The molecule has 32 heavy (non-hydrogen) atoms. The number of amides is 1. The van der Waals surface area contributed by atoms with Crippen molar-refractivity contribution in [1.29, 1.82) is 0 Å². The van der Waals surface area contributed by atoms with Gasteiger partial charge in [-0.2, -0.15) is 0 Å². The summed E-state index contributed by atoms with van der Waals surface area (Å²) < 4.78 is 52.2. The van der Waals surface area contributed by atoms with Crippen LogP contribution in [0, 0.1) is 11.6 Å². The third-order valence-electron chi connectivity index (χ3n) is 5.91. The largest absolute Gasteiger partial charge is 0.390 e. The summed E-state index contributed by atoms with van der Waals surface area (Å²) in [6.45, 7) is 3.86. The lowest BCUT2D eigenvalue weighted by Gasteiger charge is -2.28. The fraction of sp³-hybridized carbons (Fsp3) is 0.696. The molecule has 0 heterocycles. The number of hydrogen-bond acceptors (Lipinski definition) is 5. The monoisotopic (exact) mass is 474 g/mol. The van der Waals surface area contributed by atoms with Gasteiger partial charge in [0.25, 0.3) is 0 Å². The second-order valence-corrected chi connectivity index (χ2v) is 11.2. The van der Waals surface area contributed by atoms with Gasteiger partial charge in [0.2, 0.25) is 5.91 Å². The van der Waals surface area contributed by atoms with Gasteiger partial charge < -0.3 is 15.7 Å². The summed E-state index contributed by atoms with van der Waals surface area (Å²) >= 11 is 0. The first-order valence-corrected chi connectivity index (χ1v) is 13.2. The number of aliphatic hydroxyl groups is 1. The van der Waals surface area contributed by atoms with Crippen LogP contribution in [0.15, 0.2) is 18.2 Å². The topological polar surface area (TPSA) is 101 Å². The normalized spacial score (nSPS) is 16.2. The summed E-state index contributed by atoms with van der Waals surface area (Å²) in [4.78, 5) is 14.3. The van der Waals surface area contributed by atoms with Crippen molar-refractivity contribution in [3.63, 3.8) is 0 Å². The number of carbonyl (C=O) groups excluding carboxylic acids is 1. The van der Waals surface area contributed by atoms with Gasteiger partial charge in [-0.1, -0.05) is 26.7 Å². The molecule has 0 bridgehead atoms. The first-order chi connectivity index (χ1) is 15.1. The fourth-order valence-corrected chi connectivity index (χ4v) is 5.98. The molecule has 1 aromatic rings. The Hall–Kier alpha value is -1.58. The van der Waals surface area contributed by atoms with Crippen LogP contribution in [0.4, 0.5) is 8.78 Å². The molecule has 1 fully saturated rings. The van der Waals surface area contributed by atoms with Crippen LogP contribution in [0.25, 0.3) is 0 Å². The average Bonchev–Trinajstić information content (AvgIpc) is 3.54. The zero-order chi connectivity index (χ0) is 23.9. The number of halogens is 2. The van der Waals surface area contributed by atoms with Crippen molar-refractivity contribution in [2.24, 2.45) is 5.73 Å². The number of nitrogens with two attached hydrogens (primary N) is 1. The van der Waals surface area contributed by atoms with Crippen molar-refractivity contribution < 1.29 is 27.1 Å². The molecular weight excluding hydrogens is 438 g/mol. The summed E-state index contributed by atoms with van der Waals surface area (Å²) in [5.41, 5.74) is 6.36. The molecule has 2 atom stereocenters. The highest BCUT2D eigenvalue weighted by molar-refractivity contribution is 7.92. The smallest absolute Gasteiger partial charge is 0.223 e. The SMILES string of the molecule is CCCC(CCC)S(=O)(=O)CCC(=O)N(C[C@@H](O)[C@@H](N)Cc1cc(F)cc(F)c1)C1CC1. The van der Waals surface area contributed by atoms with Crippen LogP contribution in [0.2, 0.25) is 0 Å². The van der Waals surface area contributed by atoms with E-state index in [1.165, 1.54) is 4.90 Å². The highest BCUT2D eigenvalue weighted by Gasteiger charge is 2.35. The Bertz CT molecular complexity index is 835. The van der Waals surface area contributed by atoms with Crippen LogP contribution in [-0.4, -0.2) is 60.1 Å². The minimum Gasteiger partial charge on any atom is -0.390 e. The van der Waals surface area contributed by atoms with Gasteiger partial charge in [-0.15, -0.1) is 0 Å². The van der Waals surface area contributed by atoms with E-state index in [4.69, 9.17) is 5.73 Å². The molecule has 0 aliphatic heterocycles. The maximum absolute atomic E-state index is 13.4. The summed E-state index contributed by atoms with van der Waals surface area (Å²) in [5.74, 6) is -1.96. The second-order valence-electron chi connectivity index (χ2n) is 8.81.